The summed E-state index contributed by atoms with van der Waals surface area (Å²) in [6.07, 6.45) is 5.15. The van der Waals surface area contributed by atoms with Crippen molar-refractivity contribution < 1.29 is 13.2 Å². The van der Waals surface area contributed by atoms with Crippen molar-refractivity contribution >= 4 is 22.0 Å². The summed E-state index contributed by atoms with van der Waals surface area (Å²) in [7, 11) is -3.35. The summed E-state index contributed by atoms with van der Waals surface area (Å²) in [5.74, 6) is 0.860. The minimum Gasteiger partial charge on any atom is -0.373 e. The van der Waals surface area contributed by atoms with Gasteiger partial charge in [-0.3, -0.25) is 0 Å². The first-order chi connectivity index (χ1) is 9.47. The Bertz CT molecular complexity index is 386. The Morgan fingerprint density at radius 1 is 1.20 bits per heavy atom. The molecule has 2 rings (SSSR count). The average Bonchev–Trinajstić information content (AvgIpc) is 2.86. The molecule has 0 radical (unpaired) electrons. The molecule has 0 spiro atoms. The van der Waals surface area contributed by atoms with Crippen molar-refractivity contribution in [3.05, 3.63) is 0 Å². The molecular formula is C13H26N2O3S2. The molecule has 0 aromatic rings. The van der Waals surface area contributed by atoms with E-state index in [1.807, 2.05) is 25.6 Å². The van der Waals surface area contributed by atoms with Gasteiger partial charge in [-0.15, -0.1) is 0 Å². The Morgan fingerprint density at radius 3 is 2.40 bits per heavy atom. The summed E-state index contributed by atoms with van der Waals surface area (Å²) in [4.78, 5) is 0. The van der Waals surface area contributed by atoms with E-state index in [2.05, 4.69) is 4.72 Å². The van der Waals surface area contributed by atoms with Crippen LogP contribution in [-0.2, 0) is 14.9 Å². The van der Waals surface area contributed by atoms with Crippen LogP contribution < -0.4 is 4.72 Å². The van der Waals surface area contributed by atoms with E-state index in [0.29, 0.717) is 19.6 Å². The van der Waals surface area contributed by atoms with Gasteiger partial charge in [-0.05, 0) is 26.7 Å². The highest BCUT2D eigenvalue weighted by molar-refractivity contribution is 8.00. The summed E-state index contributed by atoms with van der Waals surface area (Å²) < 4.78 is 34.2. The van der Waals surface area contributed by atoms with Crippen LogP contribution in [0.5, 0.6) is 0 Å². The number of nitrogens with one attached hydrogen (secondary N) is 1. The third-order valence-corrected chi connectivity index (χ3v) is 6.70. The average molecular weight is 322 g/mol. The monoisotopic (exact) mass is 322 g/mol. The van der Waals surface area contributed by atoms with E-state index in [0.717, 1.165) is 11.0 Å². The SMILES string of the molecule is C[C@@H]1CN(S(=O)(=O)NCCSC2CCCC2)C[C@H](C)O1. The second-order valence-electron chi connectivity index (χ2n) is 5.75. The number of ether oxygens (including phenoxy) is 1. The molecule has 2 fully saturated rings. The Balaban J connectivity index is 1.72. The van der Waals surface area contributed by atoms with Gasteiger partial charge in [0, 0.05) is 30.6 Å². The van der Waals surface area contributed by atoms with Gasteiger partial charge in [-0.1, -0.05) is 12.8 Å². The van der Waals surface area contributed by atoms with Gasteiger partial charge >= 0.3 is 0 Å². The number of nitrogens with zero attached hydrogens (tertiary/aromatic N) is 1. The van der Waals surface area contributed by atoms with E-state index < -0.39 is 10.2 Å². The van der Waals surface area contributed by atoms with Crippen molar-refractivity contribution in [3.8, 4) is 0 Å². The number of thioether (sulfide) groups is 1. The summed E-state index contributed by atoms with van der Waals surface area (Å²) in [6, 6.07) is 0. The van der Waals surface area contributed by atoms with Gasteiger partial charge in [0.1, 0.15) is 0 Å². The van der Waals surface area contributed by atoms with Gasteiger partial charge in [0.05, 0.1) is 12.2 Å². The molecule has 7 heteroatoms. The van der Waals surface area contributed by atoms with Crippen LogP contribution in [0, 0.1) is 0 Å². The van der Waals surface area contributed by atoms with Crippen LogP contribution in [0.15, 0.2) is 0 Å². The molecular weight excluding hydrogens is 296 g/mol. The Hall–Kier alpha value is 0.180. The zero-order chi connectivity index (χ0) is 14.6. The molecule has 20 heavy (non-hydrogen) atoms. The third-order valence-electron chi connectivity index (χ3n) is 3.77. The molecule has 1 heterocycles. The standard InChI is InChI=1S/C13H26N2O3S2/c1-11-9-15(10-12(2)18-11)20(16,17)14-7-8-19-13-5-3-4-6-13/h11-14H,3-10H2,1-2H3/t11-,12+. The van der Waals surface area contributed by atoms with Crippen LogP contribution in [0.2, 0.25) is 0 Å². The van der Waals surface area contributed by atoms with Gasteiger partial charge in [-0.2, -0.15) is 24.5 Å². The predicted molar refractivity (Wildman–Crippen MR) is 83.2 cm³/mol. The summed E-state index contributed by atoms with van der Waals surface area (Å²) >= 11 is 1.90. The Morgan fingerprint density at radius 2 is 1.80 bits per heavy atom. The molecule has 5 nitrogen and oxygen atoms in total. The van der Waals surface area contributed by atoms with Gasteiger partial charge in [0.15, 0.2) is 0 Å². The fourth-order valence-corrected chi connectivity index (χ4v) is 5.57. The third kappa shape index (κ3) is 4.87. The van der Waals surface area contributed by atoms with E-state index in [1.54, 1.807) is 0 Å². The first-order valence-corrected chi connectivity index (χ1v) is 9.98. The smallest absolute Gasteiger partial charge is 0.279 e. The predicted octanol–water partition coefficient (Wildman–Crippen LogP) is 1.61. The summed E-state index contributed by atoms with van der Waals surface area (Å²) in [5.41, 5.74) is 0. The van der Waals surface area contributed by atoms with Gasteiger partial charge < -0.3 is 4.74 Å². The lowest BCUT2D eigenvalue weighted by Gasteiger charge is -2.34. The molecule has 1 aliphatic heterocycles. The van der Waals surface area contributed by atoms with Crippen LogP contribution in [0.4, 0.5) is 0 Å². The molecule has 1 saturated carbocycles. The van der Waals surface area contributed by atoms with Crippen molar-refractivity contribution in [1.29, 1.82) is 0 Å². The topological polar surface area (TPSA) is 58.6 Å². The second kappa shape index (κ2) is 7.45. The van der Waals surface area contributed by atoms with Gasteiger partial charge in [0.25, 0.3) is 10.2 Å². The van der Waals surface area contributed by atoms with Crippen molar-refractivity contribution in [1.82, 2.24) is 9.03 Å². The number of rotatable bonds is 6. The fraction of sp³-hybridized carbons (Fsp3) is 1.00. The minimum atomic E-state index is -3.35. The molecule has 1 saturated heterocycles. The molecule has 0 bridgehead atoms. The Kier molecular flexibility index (Phi) is 6.16. The zero-order valence-corrected chi connectivity index (χ0v) is 14.0. The molecule has 2 aliphatic rings. The molecule has 0 aromatic carbocycles. The summed E-state index contributed by atoms with van der Waals surface area (Å²) in [5, 5.41) is 0.739. The van der Waals surface area contributed by atoms with E-state index in [-0.39, 0.29) is 12.2 Å². The zero-order valence-electron chi connectivity index (χ0n) is 12.4. The highest BCUT2D eigenvalue weighted by Crippen LogP contribution is 2.28. The van der Waals surface area contributed by atoms with Crippen LogP contribution in [0.1, 0.15) is 39.5 Å². The lowest BCUT2D eigenvalue weighted by Crippen LogP contribution is -2.52. The lowest BCUT2D eigenvalue weighted by atomic mass is 10.3. The van der Waals surface area contributed by atoms with E-state index >= 15 is 0 Å². The maximum atomic E-state index is 12.2. The fourth-order valence-electron chi connectivity index (χ4n) is 2.87. The van der Waals surface area contributed by atoms with E-state index in [9.17, 15) is 8.42 Å². The number of morpholine rings is 1. The van der Waals surface area contributed by atoms with Crippen molar-refractivity contribution in [2.45, 2.75) is 57.0 Å². The molecule has 0 amide bonds. The van der Waals surface area contributed by atoms with Gasteiger partial charge in [-0.25, -0.2) is 4.72 Å². The molecule has 0 aromatic heterocycles. The largest absolute Gasteiger partial charge is 0.373 e. The highest BCUT2D eigenvalue weighted by atomic mass is 32.2. The van der Waals surface area contributed by atoms with Crippen LogP contribution >= 0.6 is 11.8 Å². The van der Waals surface area contributed by atoms with E-state index in [4.69, 9.17) is 4.74 Å². The first kappa shape index (κ1) is 16.5. The van der Waals surface area contributed by atoms with Gasteiger partial charge in [0.2, 0.25) is 0 Å². The minimum absolute atomic E-state index is 0.0387. The van der Waals surface area contributed by atoms with Crippen molar-refractivity contribution in [2.24, 2.45) is 0 Å². The molecule has 0 unspecified atom stereocenters. The van der Waals surface area contributed by atoms with Crippen LogP contribution in [-0.4, -0.2) is 55.6 Å². The van der Waals surface area contributed by atoms with Crippen LogP contribution in [0.25, 0.3) is 0 Å². The van der Waals surface area contributed by atoms with E-state index in [1.165, 1.54) is 30.0 Å². The summed E-state index contributed by atoms with van der Waals surface area (Å²) in [6.45, 7) is 5.22. The van der Waals surface area contributed by atoms with Crippen LogP contribution in [0.3, 0.4) is 0 Å². The maximum Gasteiger partial charge on any atom is 0.279 e. The maximum absolute atomic E-state index is 12.2. The highest BCUT2D eigenvalue weighted by Gasteiger charge is 2.30. The molecule has 1 N–H and O–H groups in total. The van der Waals surface area contributed by atoms with Crippen molar-refractivity contribution in [3.63, 3.8) is 0 Å². The lowest BCUT2D eigenvalue weighted by molar-refractivity contribution is -0.0443. The quantitative estimate of drug-likeness (QED) is 0.755. The Labute approximate surface area is 127 Å². The first-order valence-electron chi connectivity index (χ1n) is 7.49. The normalized spacial score (nSPS) is 29.9. The number of hydrogen-bond donors (Lipinski definition) is 1. The van der Waals surface area contributed by atoms with Crippen molar-refractivity contribution in [2.75, 3.05) is 25.4 Å². The second-order valence-corrected chi connectivity index (χ2v) is 8.91. The molecule has 1 aliphatic carbocycles. The molecule has 118 valence electrons. The number of hydrogen-bond acceptors (Lipinski definition) is 4. The molecule has 2 atom stereocenters.